The van der Waals surface area contributed by atoms with Gasteiger partial charge >= 0.3 is 0 Å². The van der Waals surface area contributed by atoms with Crippen molar-refractivity contribution in [1.29, 1.82) is 0 Å². The van der Waals surface area contributed by atoms with Crippen LogP contribution >= 0.6 is 15.9 Å². The van der Waals surface area contributed by atoms with Crippen molar-refractivity contribution in [2.24, 2.45) is 0 Å². The van der Waals surface area contributed by atoms with Crippen molar-refractivity contribution >= 4 is 21.7 Å². The van der Waals surface area contributed by atoms with Crippen molar-refractivity contribution in [3.63, 3.8) is 0 Å². The highest BCUT2D eigenvalue weighted by Gasteiger charge is 2.43. The summed E-state index contributed by atoms with van der Waals surface area (Å²) in [7, 11) is 1.64. The van der Waals surface area contributed by atoms with Crippen LogP contribution in [0.1, 0.15) is 24.8 Å². The zero-order valence-electron chi connectivity index (χ0n) is 9.33. The minimum absolute atomic E-state index is 0.212. The second kappa shape index (κ2) is 4.68. The number of methoxy groups -OCH3 is 1. The lowest BCUT2D eigenvalue weighted by Gasteiger charge is -2.38. The molecule has 0 radical (unpaired) electrons. The minimum Gasteiger partial charge on any atom is -0.370 e. The monoisotopic (exact) mass is 282 g/mol. The molecule has 0 aliphatic heterocycles. The van der Waals surface area contributed by atoms with Gasteiger partial charge in [0.25, 0.3) is 0 Å². The molecule has 0 N–H and O–H groups in total. The maximum Gasteiger partial charge on any atom is 0.168 e. The Balaban J connectivity index is 2.04. The summed E-state index contributed by atoms with van der Waals surface area (Å²) >= 11 is 3.38. The summed E-state index contributed by atoms with van der Waals surface area (Å²) in [4.78, 5) is 12.1. The molecule has 1 aliphatic carbocycles. The third-order valence-corrected chi connectivity index (χ3v) is 3.87. The second-order valence-electron chi connectivity index (χ2n) is 4.28. The van der Waals surface area contributed by atoms with Crippen LogP contribution in [0.2, 0.25) is 0 Å². The summed E-state index contributed by atoms with van der Waals surface area (Å²) in [5.41, 5.74) is 0.573. The van der Waals surface area contributed by atoms with Gasteiger partial charge in [-0.25, -0.2) is 0 Å². The van der Waals surface area contributed by atoms with Crippen LogP contribution in [0.25, 0.3) is 0 Å². The van der Waals surface area contributed by atoms with E-state index in [0.29, 0.717) is 6.42 Å². The highest BCUT2D eigenvalue weighted by molar-refractivity contribution is 9.10. The maximum atomic E-state index is 12.1. The molecule has 1 aliphatic rings. The first kappa shape index (κ1) is 11.8. The lowest BCUT2D eigenvalue weighted by atomic mass is 9.75. The summed E-state index contributed by atoms with van der Waals surface area (Å²) in [6.45, 7) is 0. The summed E-state index contributed by atoms with van der Waals surface area (Å²) in [6.07, 6.45) is 3.32. The zero-order chi connectivity index (χ0) is 11.6. The van der Waals surface area contributed by atoms with E-state index >= 15 is 0 Å². The van der Waals surface area contributed by atoms with Crippen LogP contribution in [-0.4, -0.2) is 18.5 Å². The SMILES string of the molecule is COC1(C(=O)Cc2ccc(Br)cc2)CCC1. The molecule has 0 atom stereocenters. The number of hydrogen-bond acceptors (Lipinski definition) is 2. The predicted octanol–water partition coefficient (Wildman–Crippen LogP) is 3.13. The molecule has 1 fully saturated rings. The van der Waals surface area contributed by atoms with Crippen molar-refractivity contribution in [2.75, 3.05) is 7.11 Å². The van der Waals surface area contributed by atoms with Crippen molar-refractivity contribution in [2.45, 2.75) is 31.3 Å². The normalized spacial score (nSPS) is 17.9. The van der Waals surface area contributed by atoms with Crippen molar-refractivity contribution in [3.05, 3.63) is 34.3 Å². The Morgan fingerprint density at radius 2 is 2.00 bits per heavy atom. The van der Waals surface area contributed by atoms with Gasteiger partial charge in [-0.2, -0.15) is 0 Å². The Bertz CT molecular complexity index is 374. The van der Waals surface area contributed by atoms with E-state index in [9.17, 15) is 4.79 Å². The molecule has 0 bridgehead atoms. The van der Waals surface area contributed by atoms with Crippen LogP contribution in [0, 0.1) is 0 Å². The van der Waals surface area contributed by atoms with E-state index in [0.717, 1.165) is 29.3 Å². The van der Waals surface area contributed by atoms with E-state index < -0.39 is 5.60 Å². The maximum absolute atomic E-state index is 12.1. The van der Waals surface area contributed by atoms with Crippen molar-refractivity contribution < 1.29 is 9.53 Å². The number of hydrogen-bond donors (Lipinski definition) is 0. The molecule has 0 heterocycles. The van der Waals surface area contributed by atoms with E-state index in [1.165, 1.54) is 0 Å². The van der Waals surface area contributed by atoms with Gasteiger partial charge < -0.3 is 4.74 Å². The molecule has 1 aromatic rings. The Hall–Kier alpha value is -0.670. The first-order valence-corrected chi connectivity index (χ1v) is 6.28. The second-order valence-corrected chi connectivity index (χ2v) is 5.19. The molecule has 3 heteroatoms. The Labute approximate surface area is 104 Å². The van der Waals surface area contributed by atoms with E-state index in [1.54, 1.807) is 7.11 Å². The van der Waals surface area contributed by atoms with Crippen LogP contribution in [0.15, 0.2) is 28.7 Å². The van der Waals surface area contributed by atoms with E-state index in [-0.39, 0.29) is 5.78 Å². The molecule has 1 aromatic carbocycles. The van der Waals surface area contributed by atoms with Crippen LogP contribution in [0.5, 0.6) is 0 Å². The van der Waals surface area contributed by atoms with Crippen molar-refractivity contribution in [3.8, 4) is 0 Å². The third kappa shape index (κ3) is 2.20. The van der Waals surface area contributed by atoms with Gasteiger partial charge in [0.15, 0.2) is 5.78 Å². The number of halogens is 1. The molecule has 0 spiro atoms. The molecule has 2 rings (SSSR count). The highest BCUT2D eigenvalue weighted by Crippen LogP contribution is 2.36. The largest absolute Gasteiger partial charge is 0.370 e. The fourth-order valence-corrected chi connectivity index (χ4v) is 2.31. The number of carbonyl (C=O) groups excluding carboxylic acids is 1. The van der Waals surface area contributed by atoms with Gasteiger partial charge in [0.2, 0.25) is 0 Å². The summed E-state index contributed by atoms with van der Waals surface area (Å²) < 4.78 is 6.41. The molecule has 0 amide bonds. The number of carbonyl (C=O) groups is 1. The highest BCUT2D eigenvalue weighted by atomic mass is 79.9. The van der Waals surface area contributed by atoms with Crippen LogP contribution < -0.4 is 0 Å². The fourth-order valence-electron chi connectivity index (χ4n) is 2.04. The van der Waals surface area contributed by atoms with Gasteiger partial charge in [0.1, 0.15) is 5.60 Å². The van der Waals surface area contributed by atoms with Crippen LogP contribution in [0.3, 0.4) is 0 Å². The molecule has 0 aromatic heterocycles. The third-order valence-electron chi connectivity index (χ3n) is 3.34. The van der Waals surface area contributed by atoms with Crippen molar-refractivity contribution in [1.82, 2.24) is 0 Å². The van der Waals surface area contributed by atoms with Crippen LogP contribution in [0.4, 0.5) is 0 Å². The topological polar surface area (TPSA) is 26.3 Å². The lowest BCUT2D eigenvalue weighted by molar-refractivity contribution is -0.151. The van der Waals surface area contributed by atoms with Gasteiger partial charge in [0.05, 0.1) is 0 Å². The van der Waals surface area contributed by atoms with Gasteiger partial charge in [-0.05, 0) is 37.0 Å². The first-order valence-electron chi connectivity index (χ1n) is 5.49. The Morgan fingerprint density at radius 3 is 2.44 bits per heavy atom. The smallest absolute Gasteiger partial charge is 0.168 e. The first-order chi connectivity index (χ1) is 7.66. The van der Waals surface area contributed by atoms with Crippen LogP contribution in [-0.2, 0) is 16.0 Å². The molecular formula is C13H15BrO2. The standard InChI is InChI=1S/C13H15BrO2/c1-16-13(7-2-8-13)12(15)9-10-3-5-11(14)6-4-10/h3-6H,2,7-9H2,1H3. The summed E-state index contributed by atoms with van der Waals surface area (Å²) in [6, 6.07) is 7.87. The lowest BCUT2D eigenvalue weighted by Crippen LogP contribution is -2.47. The molecule has 86 valence electrons. The van der Waals surface area contributed by atoms with Gasteiger partial charge in [-0.1, -0.05) is 28.1 Å². The average Bonchev–Trinajstić information content (AvgIpc) is 2.21. The Kier molecular flexibility index (Phi) is 3.45. The number of Topliss-reactive ketones (excluding diaryl/α,β-unsaturated/α-hetero) is 1. The number of ketones is 1. The van der Waals surface area contributed by atoms with Gasteiger partial charge in [-0.3, -0.25) is 4.79 Å². The van der Waals surface area contributed by atoms with E-state index in [1.807, 2.05) is 24.3 Å². The number of rotatable bonds is 4. The van der Waals surface area contributed by atoms with E-state index in [4.69, 9.17) is 4.74 Å². The summed E-state index contributed by atoms with van der Waals surface area (Å²) in [5, 5.41) is 0. The molecule has 0 unspecified atom stereocenters. The Morgan fingerprint density at radius 1 is 1.38 bits per heavy atom. The number of benzene rings is 1. The molecule has 1 saturated carbocycles. The molecule has 16 heavy (non-hydrogen) atoms. The minimum atomic E-state index is -0.479. The van der Waals surface area contributed by atoms with Gasteiger partial charge in [-0.15, -0.1) is 0 Å². The van der Waals surface area contributed by atoms with Gasteiger partial charge in [0, 0.05) is 18.0 Å². The number of ether oxygens (including phenoxy) is 1. The summed E-state index contributed by atoms with van der Waals surface area (Å²) in [5.74, 6) is 0.212. The molecular weight excluding hydrogens is 268 g/mol. The molecule has 0 saturated heterocycles. The predicted molar refractivity (Wildman–Crippen MR) is 66.4 cm³/mol. The quantitative estimate of drug-likeness (QED) is 0.848. The fraction of sp³-hybridized carbons (Fsp3) is 0.462. The average molecular weight is 283 g/mol. The molecule has 2 nitrogen and oxygen atoms in total. The van der Waals surface area contributed by atoms with E-state index in [2.05, 4.69) is 15.9 Å². The zero-order valence-corrected chi connectivity index (χ0v) is 10.9.